The van der Waals surface area contributed by atoms with E-state index in [0.717, 1.165) is 0 Å². The Morgan fingerprint density at radius 3 is 1.50 bits per heavy atom. The normalized spacial score (nSPS) is 8.50. The summed E-state index contributed by atoms with van der Waals surface area (Å²) >= 11 is 4.24. The SMILES string of the molecule is COC(=O)c1ccccc1C(=O)OC.II. The molecule has 1 aromatic carbocycles. The predicted molar refractivity (Wildman–Crippen MR) is 77.2 cm³/mol. The number of halogens is 2. The second-order valence-electron chi connectivity index (χ2n) is 2.53. The largest absolute Gasteiger partial charge is 0.465 e. The Morgan fingerprint density at radius 1 is 0.938 bits per heavy atom. The van der Waals surface area contributed by atoms with Crippen LogP contribution in [0.4, 0.5) is 0 Å². The van der Waals surface area contributed by atoms with Gasteiger partial charge in [0.2, 0.25) is 0 Å². The minimum absolute atomic E-state index is 0.210. The number of hydrogen-bond acceptors (Lipinski definition) is 4. The first kappa shape index (κ1) is 15.6. The quantitative estimate of drug-likeness (QED) is 0.516. The van der Waals surface area contributed by atoms with E-state index in [9.17, 15) is 9.59 Å². The predicted octanol–water partition coefficient (Wildman–Crippen LogP) is 3.03. The lowest BCUT2D eigenvalue weighted by Gasteiger charge is -2.04. The summed E-state index contributed by atoms with van der Waals surface area (Å²) in [5, 5.41) is 0. The molecule has 0 heterocycles. The zero-order valence-corrected chi connectivity index (χ0v) is 13.0. The van der Waals surface area contributed by atoms with Gasteiger partial charge in [0.15, 0.2) is 0 Å². The molecular weight excluding hydrogens is 438 g/mol. The lowest BCUT2D eigenvalue weighted by molar-refractivity contribution is 0.0555. The van der Waals surface area contributed by atoms with E-state index in [4.69, 9.17) is 0 Å². The summed E-state index contributed by atoms with van der Waals surface area (Å²) in [5.74, 6) is -1.10. The Kier molecular flexibility index (Phi) is 8.53. The maximum absolute atomic E-state index is 11.2. The van der Waals surface area contributed by atoms with E-state index in [-0.39, 0.29) is 11.1 Å². The molecule has 1 aromatic rings. The smallest absolute Gasteiger partial charge is 0.338 e. The number of methoxy groups -OCH3 is 2. The lowest BCUT2D eigenvalue weighted by Crippen LogP contribution is -2.11. The van der Waals surface area contributed by atoms with E-state index in [1.165, 1.54) is 26.4 Å². The Bertz CT molecular complexity index is 331. The molecule has 1 rings (SSSR count). The number of ether oxygens (including phenoxy) is 2. The van der Waals surface area contributed by atoms with Gasteiger partial charge in [-0.1, -0.05) is 12.1 Å². The van der Waals surface area contributed by atoms with Crippen molar-refractivity contribution < 1.29 is 19.1 Å². The fourth-order valence-corrected chi connectivity index (χ4v) is 1.06. The molecule has 16 heavy (non-hydrogen) atoms. The van der Waals surface area contributed by atoms with Gasteiger partial charge in [-0.2, -0.15) is 0 Å². The third-order valence-corrected chi connectivity index (χ3v) is 1.74. The first-order valence-electron chi connectivity index (χ1n) is 4.10. The highest BCUT2D eigenvalue weighted by Crippen LogP contribution is 2.10. The van der Waals surface area contributed by atoms with Crippen LogP contribution >= 0.6 is 37.2 Å². The van der Waals surface area contributed by atoms with E-state index >= 15 is 0 Å². The van der Waals surface area contributed by atoms with Crippen molar-refractivity contribution in [1.82, 2.24) is 0 Å². The highest BCUT2D eigenvalue weighted by atomic mass is 128. The monoisotopic (exact) mass is 448 g/mol. The lowest BCUT2D eigenvalue weighted by atomic mass is 10.1. The van der Waals surface area contributed by atoms with Crippen molar-refractivity contribution >= 4 is 49.2 Å². The molecule has 88 valence electrons. The molecule has 0 unspecified atom stereocenters. The number of esters is 2. The second kappa shape index (κ2) is 8.74. The van der Waals surface area contributed by atoms with Crippen molar-refractivity contribution in [3.8, 4) is 0 Å². The average molecular weight is 448 g/mol. The molecule has 6 heteroatoms. The Labute approximate surface area is 117 Å². The van der Waals surface area contributed by atoms with E-state index in [1.807, 2.05) is 0 Å². The summed E-state index contributed by atoms with van der Waals surface area (Å²) in [6.45, 7) is 0. The van der Waals surface area contributed by atoms with Crippen molar-refractivity contribution in [3.63, 3.8) is 0 Å². The molecule has 0 saturated heterocycles. The molecule has 0 radical (unpaired) electrons. The Balaban J connectivity index is 0.00000106. The van der Waals surface area contributed by atoms with Crippen molar-refractivity contribution in [1.29, 1.82) is 0 Å². The van der Waals surface area contributed by atoms with Crippen LogP contribution in [0.25, 0.3) is 0 Å². The van der Waals surface area contributed by atoms with Gasteiger partial charge >= 0.3 is 11.9 Å². The van der Waals surface area contributed by atoms with Gasteiger partial charge in [-0.3, -0.25) is 0 Å². The fraction of sp³-hybridized carbons (Fsp3) is 0.200. The van der Waals surface area contributed by atoms with Gasteiger partial charge in [-0.05, 0) is 12.1 Å². The van der Waals surface area contributed by atoms with Crippen LogP contribution in [-0.4, -0.2) is 26.2 Å². The van der Waals surface area contributed by atoms with Crippen LogP contribution in [0, 0.1) is 0 Å². The van der Waals surface area contributed by atoms with Crippen molar-refractivity contribution in [2.75, 3.05) is 14.2 Å². The van der Waals surface area contributed by atoms with Gasteiger partial charge < -0.3 is 9.47 Å². The van der Waals surface area contributed by atoms with Crippen LogP contribution in [0.2, 0.25) is 0 Å². The Hall–Kier alpha value is -0.380. The maximum Gasteiger partial charge on any atom is 0.338 e. The van der Waals surface area contributed by atoms with Gasteiger partial charge in [0.1, 0.15) is 0 Å². The van der Waals surface area contributed by atoms with Crippen LogP contribution in [0.3, 0.4) is 0 Å². The molecule has 0 N–H and O–H groups in total. The third kappa shape index (κ3) is 4.24. The van der Waals surface area contributed by atoms with Crippen molar-refractivity contribution in [2.45, 2.75) is 0 Å². The minimum Gasteiger partial charge on any atom is -0.465 e. The molecule has 0 saturated carbocycles. The molecule has 0 amide bonds. The fourth-order valence-electron chi connectivity index (χ4n) is 1.06. The summed E-state index contributed by atoms with van der Waals surface area (Å²) in [6, 6.07) is 6.33. The van der Waals surface area contributed by atoms with Crippen molar-refractivity contribution in [3.05, 3.63) is 35.4 Å². The van der Waals surface area contributed by atoms with Crippen LogP contribution in [0.1, 0.15) is 20.7 Å². The first-order chi connectivity index (χ1) is 7.70. The first-order valence-corrected chi connectivity index (χ1v) is 10.4. The van der Waals surface area contributed by atoms with Gasteiger partial charge in [0.05, 0.1) is 25.3 Å². The number of carbonyl (C=O) groups excluding carboxylic acids is 2. The summed E-state index contributed by atoms with van der Waals surface area (Å²) < 4.78 is 9.05. The van der Waals surface area contributed by atoms with Crippen LogP contribution in [-0.2, 0) is 9.47 Å². The molecule has 0 bridgehead atoms. The molecule has 0 aliphatic rings. The number of carbonyl (C=O) groups is 2. The zero-order chi connectivity index (χ0) is 12.6. The van der Waals surface area contributed by atoms with Gasteiger partial charge in [0, 0.05) is 37.2 Å². The minimum atomic E-state index is -0.550. The molecule has 0 aliphatic heterocycles. The number of rotatable bonds is 2. The number of hydrogen-bond donors (Lipinski definition) is 0. The topological polar surface area (TPSA) is 52.6 Å². The molecule has 0 aliphatic carbocycles. The van der Waals surface area contributed by atoms with E-state index in [0.29, 0.717) is 0 Å². The van der Waals surface area contributed by atoms with E-state index in [1.54, 1.807) is 12.1 Å². The maximum atomic E-state index is 11.2. The van der Waals surface area contributed by atoms with Crippen LogP contribution in [0.15, 0.2) is 24.3 Å². The summed E-state index contributed by atoms with van der Waals surface area (Å²) in [7, 11) is 2.52. The molecular formula is C10H10I2O4. The van der Waals surface area contributed by atoms with Crippen LogP contribution < -0.4 is 0 Å². The summed E-state index contributed by atoms with van der Waals surface area (Å²) in [6.07, 6.45) is 0. The van der Waals surface area contributed by atoms with Crippen molar-refractivity contribution in [2.24, 2.45) is 0 Å². The third-order valence-electron chi connectivity index (χ3n) is 1.74. The second-order valence-corrected chi connectivity index (χ2v) is 2.53. The van der Waals surface area contributed by atoms with Crippen LogP contribution in [0.5, 0.6) is 0 Å². The van der Waals surface area contributed by atoms with Gasteiger partial charge in [0.25, 0.3) is 0 Å². The molecule has 0 spiro atoms. The van der Waals surface area contributed by atoms with Gasteiger partial charge in [-0.25, -0.2) is 9.59 Å². The number of benzene rings is 1. The van der Waals surface area contributed by atoms with E-state index in [2.05, 4.69) is 46.7 Å². The molecule has 4 nitrogen and oxygen atoms in total. The highest BCUT2D eigenvalue weighted by Gasteiger charge is 2.16. The molecule has 0 fully saturated rings. The molecule has 0 atom stereocenters. The standard InChI is InChI=1S/C10H10O4.I2/c1-13-9(11)7-5-3-4-6-8(7)10(12)14-2;1-2/h3-6H,1-2H3;. The van der Waals surface area contributed by atoms with Gasteiger partial charge in [-0.15, -0.1) is 0 Å². The Morgan fingerprint density at radius 2 is 1.25 bits per heavy atom. The highest BCUT2D eigenvalue weighted by molar-refractivity contribution is 15.0. The average Bonchev–Trinajstić information content (AvgIpc) is 2.39. The molecule has 0 aromatic heterocycles. The zero-order valence-electron chi connectivity index (χ0n) is 8.70. The van der Waals surface area contributed by atoms with E-state index < -0.39 is 11.9 Å². The summed E-state index contributed by atoms with van der Waals surface area (Å²) in [5.41, 5.74) is 0.420. The summed E-state index contributed by atoms with van der Waals surface area (Å²) in [4.78, 5) is 22.4.